The first-order valence-electron chi connectivity index (χ1n) is 9.46. The molecule has 0 radical (unpaired) electrons. The second kappa shape index (κ2) is 14.8. The van der Waals surface area contributed by atoms with E-state index in [1.54, 1.807) is 26.2 Å². The first kappa shape index (κ1) is 28.0. The second-order valence-corrected chi connectivity index (χ2v) is 6.29. The Kier molecular flexibility index (Phi) is 15.3. The van der Waals surface area contributed by atoms with Crippen molar-refractivity contribution in [3.05, 3.63) is 23.8 Å². The van der Waals surface area contributed by atoms with Gasteiger partial charge in [-0.05, 0) is 44.4 Å². The Morgan fingerprint density at radius 3 is 2.19 bits per heavy atom. The standard InChI is InChI=1S/C16H27BN2O4.C2H6.CH4S/c1-6-13(10(2)3)11(4)15(20)18-12(5)16(21)19-9-7-8-14(19)17(22)23;2*1-2/h6,10,12,14,22-23H,1,7-9H2,2-5H3,(H,18,20);1-2H3;2H,1H3/b13-11-;;. The van der Waals surface area contributed by atoms with Crippen LogP contribution in [0.2, 0.25) is 0 Å². The molecule has 0 aromatic carbocycles. The Balaban J connectivity index is 0. The summed E-state index contributed by atoms with van der Waals surface area (Å²) in [4.78, 5) is 26.2. The highest BCUT2D eigenvalue weighted by molar-refractivity contribution is 7.79. The molecule has 2 amide bonds. The van der Waals surface area contributed by atoms with Crippen molar-refractivity contribution in [2.45, 2.75) is 66.4 Å². The number of nitrogens with zero attached hydrogens (tertiary/aromatic N) is 1. The molecule has 6 nitrogen and oxygen atoms in total. The lowest BCUT2D eigenvalue weighted by Crippen LogP contribution is -2.52. The highest BCUT2D eigenvalue weighted by Crippen LogP contribution is 2.20. The normalized spacial score (nSPS) is 17.6. The smallest absolute Gasteiger partial charge is 0.426 e. The maximum absolute atomic E-state index is 12.4. The summed E-state index contributed by atoms with van der Waals surface area (Å²) >= 11 is 3.53. The van der Waals surface area contributed by atoms with E-state index in [-0.39, 0.29) is 17.7 Å². The number of allylic oxidation sites excluding steroid dienone is 2. The van der Waals surface area contributed by atoms with Crippen LogP contribution < -0.4 is 5.32 Å². The quantitative estimate of drug-likeness (QED) is 0.238. The molecule has 0 spiro atoms. The molecular weight excluding hydrogens is 363 g/mol. The average molecular weight is 400 g/mol. The molecule has 3 N–H and O–H groups in total. The Morgan fingerprint density at radius 1 is 1.26 bits per heavy atom. The van der Waals surface area contributed by atoms with Gasteiger partial charge in [-0.15, -0.1) is 0 Å². The van der Waals surface area contributed by atoms with Crippen molar-refractivity contribution in [3.63, 3.8) is 0 Å². The number of likely N-dealkylation sites (tertiary alicyclic amines) is 1. The summed E-state index contributed by atoms with van der Waals surface area (Å²) in [7, 11) is -1.56. The van der Waals surface area contributed by atoms with Crippen molar-refractivity contribution in [2.24, 2.45) is 5.92 Å². The number of hydrogen-bond acceptors (Lipinski definition) is 5. The van der Waals surface area contributed by atoms with Crippen LogP contribution in [0.15, 0.2) is 23.8 Å². The third kappa shape index (κ3) is 8.53. The lowest BCUT2D eigenvalue weighted by molar-refractivity contribution is -0.135. The van der Waals surface area contributed by atoms with Crippen molar-refractivity contribution in [2.75, 3.05) is 12.8 Å². The first-order valence-corrected chi connectivity index (χ1v) is 10.4. The Hall–Kier alpha value is -1.25. The first-order chi connectivity index (χ1) is 12.7. The van der Waals surface area contributed by atoms with Gasteiger partial charge in [0.25, 0.3) is 0 Å². The lowest BCUT2D eigenvalue weighted by atomic mass is 9.78. The van der Waals surface area contributed by atoms with Gasteiger partial charge in [0.15, 0.2) is 0 Å². The molecule has 0 aromatic heterocycles. The molecular formula is C19H37BN2O4S. The summed E-state index contributed by atoms with van der Waals surface area (Å²) in [5, 5.41) is 21.4. The summed E-state index contributed by atoms with van der Waals surface area (Å²) in [5.41, 5.74) is 1.38. The molecule has 1 aliphatic rings. The maximum atomic E-state index is 12.4. The number of carbonyl (C=O) groups is 2. The predicted molar refractivity (Wildman–Crippen MR) is 117 cm³/mol. The van der Waals surface area contributed by atoms with E-state index in [4.69, 9.17) is 0 Å². The highest BCUT2D eigenvalue weighted by Gasteiger charge is 2.38. The second-order valence-electron chi connectivity index (χ2n) is 6.29. The van der Waals surface area contributed by atoms with E-state index < -0.39 is 19.1 Å². The number of hydrogen-bond donors (Lipinski definition) is 4. The van der Waals surface area contributed by atoms with Crippen LogP contribution >= 0.6 is 12.6 Å². The molecule has 156 valence electrons. The van der Waals surface area contributed by atoms with Gasteiger partial charge in [-0.25, -0.2) is 0 Å². The van der Waals surface area contributed by atoms with E-state index in [9.17, 15) is 19.6 Å². The molecule has 0 aliphatic carbocycles. The molecule has 1 fully saturated rings. The van der Waals surface area contributed by atoms with E-state index >= 15 is 0 Å². The molecule has 1 aliphatic heterocycles. The molecule has 0 bridgehead atoms. The van der Waals surface area contributed by atoms with E-state index in [1.165, 1.54) is 4.90 Å². The largest absolute Gasteiger partial charge is 0.475 e. The number of amides is 2. The number of carbonyl (C=O) groups excluding carboxylic acids is 2. The van der Waals surface area contributed by atoms with Crippen LogP contribution in [-0.4, -0.2) is 58.7 Å². The molecule has 2 atom stereocenters. The minimum Gasteiger partial charge on any atom is -0.426 e. The zero-order valence-electron chi connectivity index (χ0n) is 17.8. The Morgan fingerprint density at radius 2 is 1.78 bits per heavy atom. The van der Waals surface area contributed by atoms with Crippen molar-refractivity contribution >= 4 is 31.6 Å². The average Bonchev–Trinajstić information content (AvgIpc) is 3.14. The van der Waals surface area contributed by atoms with Crippen molar-refractivity contribution in [1.82, 2.24) is 10.2 Å². The van der Waals surface area contributed by atoms with Crippen LogP contribution in [-0.2, 0) is 9.59 Å². The van der Waals surface area contributed by atoms with Crippen LogP contribution in [0, 0.1) is 5.92 Å². The van der Waals surface area contributed by atoms with Crippen molar-refractivity contribution in [1.29, 1.82) is 0 Å². The van der Waals surface area contributed by atoms with Crippen LogP contribution in [0.5, 0.6) is 0 Å². The maximum Gasteiger partial charge on any atom is 0.475 e. The summed E-state index contributed by atoms with van der Waals surface area (Å²) in [6.07, 6.45) is 4.63. The fraction of sp³-hybridized carbons (Fsp3) is 0.684. The monoisotopic (exact) mass is 400 g/mol. The third-order valence-electron chi connectivity index (χ3n) is 4.26. The van der Waals surface area contributed by atoms with Gasteiger partial charge < -0.3 is 20.3 Å². The number of rotatable bonds is 6. The van der Waals surface area contributed by atoms with Crippen molar-refractivity contribution < 1.29 is 19.6 Å². The molecule has 0 saturated carbocycles. The summed E-state index contributed by atoms with van der Waals surface area (Å²) in [6, 6.07) is -0.727. The molecule has 1 saturated heterocycles. The Labute approximate surface area is 170 Å². The van der Waals surface area contributed by atoms with Gasteiger partial charge in [0, 0.05) is 12.1 Å². The fourth-order valence-corrected chi connectivity index (χ4v) is 2.94. The fourth-order valence-electron chi connectivity index (χ4n) is 2.94. The van der Waals surface area contributed by atoms with Crippen LogP contribution in [0.1, 0.15) is 54.4 Å². The molecule has 1 rings (SSSR count). The van der Waals surface area contributed by atoms with Gasteiger partial charge in [-0.2, -0.15) is 12.6 Å². The zero-order valence-corrected chi connectivity index (χ0v) is 18.7. The van der Waals surface area contributed by atoms with E-state index in [1.807, 2.05) is 27.7 Å². The van der Waals surface area contributed by atoms with E-state index in [0.29, 0.717) is 18.5 Å². The van der Waals surface area contributed by atoms with E-state index in [0.717, 1.165) is 12.0 Å². The van der Waals surface area contributed by atoms with Gasteiger partial charge >= 0.3 is 7.12 Å². The molecule has 1 heterocycles. The van der Waals surface area contributed by atoms with Gasteiger partial charge in [0.05, 0.1) is 5.94 Å². The zero-order chi connectivity index (χ0) is 21.7. The van der Waals surface area contributed by atoms with Crippen LogP contribution in [0.4, 0.5) is 0 Å². The lowest BCUT2D eigenvalue weighted by Gasteiger charge is -2.27. The van der Waals surface area contributed by atoms with Crippen molar-refractivity contribution in [3.8, 4) is 0 Å². The summed E-state index contributed by atoms with van der Waals surface area (Å²) in [6.45, 7) is 15.5. The van der Waals surface area contributed by atoms with Gasteiger partial charge in [0.2, 0.25) is 11.8 Å². The molecule has 2 unspecified atom stereocenters. The molecule has 0 aromatic rings. The van der Waals surface area contributed by atoms with Crippen LogP contribution in [0.25, 0.3) is 0 Å². The van der Waals surface area contributed by atoms with Gasteiger partial charge in [-0.1, -0.05) is 40.3 Å². The number of thiol groups is 1. The molecule has 8 heteroatoms. The minimum absolute atomic E-state index is 0.164. The molecule has 27 heavy (non-hydrogen) atoms. The Bertz CT molecular complexity index is 510. The summed E-state index contributed by atoms with van der Waals surface area (Å²) in [5.74, 6) is -1.05. The van der Waals surface area contributed by atoms with Gasteiger partial charge in [0.1, 0.15) is 6.04 Å². The highest BCUT2D eigenvalue weighted by atomic mass is 32.1. The SMILES string of the molecule is C=C/C(=C(\C)C(=O)NC(C)C(=O)N1CCCC1B(O)O)C(C)C.CC.CS. The number of nitrogens with one attached hydrogen (secondary N) is 1. The topological polar surface area (TPSA) is 89.9 Å². The summed E-state index contributed by atoms with van der Waals surface area (Å²) < 4.78 is 0. The van der Waals surface area contributed by atoms with E-state index in [2.05, 4.69) is 24.5 Å². The minimum atomic E-state index is -1.56. The van der Waals surface area contributed by atoms with Crippen LogP contribution in [0.3, 0.4) is 0 Å². The predicted octanol–water partition coefficient (Wildman–Crippen LogP) is 2.22. The van der Waals surface area contributed by atoms with Gasteiger partial charge in [-0.3, -0.25) is 9.59 Å². The third-order valence-corrected chi connectivity index (χ3v) is 4.26.